The molecule has 0 spiro atoms. The summed E-state index contributed by atoms with van der Waals surface area (Å²) in [6, 6.07) is 11.6. The highest BCUT2D eigenvalue weighted by atomic mass is 35.5. The molecule has 28 heavy (non-hydrogen) atoms. The number of carboxylic acids is 1. The molecule has 2 aromatic rings. The van der Waals surface area contributed by atoms with E-state index in [0.29, 0.717) is 26.9 Å². The minimum Gasteiger partial charge on any atom is -0.481 e. The van der Waals surface area contributed by atoms with Crippen molar-refractivity contribution in [2.45, 2.75) is 6.54 Å². The van der Waals surface area contributed by atoms with E-state index in [1.807, 2.05) is 0 Å². The highest BCUT2D eigenvalue weighted by molar-refractivity contribution is 8.18. The molecule has 1 fully saturated rings. The van der Waals surface area contributed by atoms with Gasteiger partial charge in [0.1, 0.15) is 5.75 Å². The molecule has 9 heteroatoms. The number of carbonyl (C=O) groups is 3. The van der Waals surface area contributed by atoms with Gasteiger partial charge in [0.15, 0.2) is 6.61 Å². The molecule has 0 unspecified atom stereocenters. The Bertz CT molecular complexity index is 972. The van der Waals surface area contributed by atoms with Crippen molar-refractivity contribution in [3.05, 3.63) is 68.5 Å². The van der Waals surface area contributed by atoms with Crippen LogP contribution in [0.15, 0.2) is 47.4 Å². The molecule has 0 bridgehead atoms. The van der Waals surface area contributed by atoms with E-state index in [0.717, 1.165) is 16.7 Å². The lowest BCUT2D eigenvalue weighted by atomic mass is 10.1. The SMILES string of the molecule is O=C(O)COc1ccccc1/C=C1/SC(=O)N(Cc2c(Cl)cccc2Cl)C1=O. The molecule has 6 nitrogen and oxygen atoms in total. The highest BCUT2D eigenvalue weighted by Gasteiger charge is 2.35. The molecular formula is C19H13Cl2NO5S. The van der Waals surface area contributed by atoms with Crippen LogP contribution in [0.5, 0.6) is 5.75 Å². The fourth-order valence-corrected chi connectivity index (χ4v) is 3.84. The van der Waals surface area contributed by atoms with Crippen molar-refractivity contribution in [3.8, 4) is 5.75 Å². The van der Waals surface area contributed by atoms with Crippen LogP contribution < -0.4 is 4.74 Å². The summed E-state index contributed by atoms with van der Waals surface area (Å²) in [6.45, 7) is -0.561. The van der Waals surface area contributed by atoms with Crippen molar-refractivity contribution >= 4 is 58.2 Å². The number of para-hydroxylation sites is 1. The zero-order chi connectivity index (χ0) is 20.3. The molecule has 1 aliphatic rings. The second-order valence-electron chi connectivity index (χ2n) is 5.69. The van der Waals surface area contributed by atoms with Gasteiger partial charge in [-0.15, -0.1) is 0 Å². The first kappa shape index (κ1) is 20.3. The lowest BCUT2D eigenvalue weighted by molar-refractivity contribution is -0.139. The molecule has 0 aromatic heterocycles. The van der Waals surface area contributed by atoms with E-state index in [2.05, 4.69) is 0 Å². The Morgan fingerprint density at radius 2 is 1.79 bits per heavy atom. The standard InChI is InChI=1S/C19H13Cl2NO5S/c20-13-5-3-6-14(21)12(13)9-22-18(25)16(28-19(22)26)8-11-4-1-2-7-15(11)27-10-17(23)24/h1-8H,9-10H2,(H,23,24)/b16-8+. The van der Waals surface area contributed by atoms with Gasteiger partial charge in [0.05, 0.1) is 11.4 Å². The molecule has 1 saturated heterocycles. The lowest BCUT2D eigenvalue weighted by Crippen LogP contribution is -2.27. The van der Waals surface area contributed by atoms with E-state index in [1.54, 1.807) is 42.5 Å². The van der Waals surface area contributed by atoms with Crippen LogP contribution in [0.25, 0.3) is 6.08 Å². The first-order chi connectivity index (χ1) is 13.4. The maximum absolute atomic E-state index is 12.7. The maximum Gasteiger partial charge on any atom is 0.341 e. The first-order valence-electron chi connectivity index (χ1n) is 7.98. The third kappa shape index (κ3) is 4.49. The number of carbonyl (C=O) groups excluding carboxylic acids is 2. The number of nitrogens with zero attached hydrogens (tertiary/aromatic N) is 1. The van der Waals surface area contributed by atoms with Crippen LogP contribution in [0.1, 0.15) is 11.1 Å². The smallest absolute Gasteiger partial charge is 0.341 e. The third-order valence-electron chi connectivity index (χ3n) is 3.81. The predicted molar refractivity (Wildman–Crippen MR) is 108 cm³/mol. The molecule has 3 rings (SSSR count). The van der Waals surface area contributed by atoms with E-state index in [9.17, 15) is 14.4 Å². The third-order valence-corrected chi connectivity index (χ3v) is 5.42. The monoisotopic (exact) mass is 437 g/mol. The Labute approximate surface area is 174 Å². The van der Waals surface area contributed by atoms with Crippen LogP contribution in [0.4, 0.5) is 4.79 Å². The predicted octanol–water partition coefficient (Wildman–Crippen LogP) is 4.69. The summed E-state index contributed by atoms with van der Waals surface area (Å²) in [5, 5.41) is 9.05. The Kier molecular flexibility index (Phi) is 6.28. The summed E-state index contributed by atoms with van der Waals surface area (Å²) in [7, 11) is 0. The molecule has 1 aliphatic heterocycles. The fourth-order valence-electron chi connectivity index (χ4n) is 2.49. The highest BCUT2D eigenvalue weighted by Crippen LogP contribution is 2.36. The molecule has 0 saturated carbocycles. The number of thioether (sulfide) groups is 1. The van der Waals surface area contributed by atoms with Gasteiger partial charge in [-0.1, -0.05) is 47.5 Å². The fraction of sp³-hybridized carbons (Fsp3) is 0.105. The molecule has 2 amide bonds. The van der Waals surface area contributed by atoms with E-state index in [-0.39, 0.29) is 11.4 Å². The lowest BCUT2D eigenvalue weighted by Gasteiger charge is -2.14. The topological polar surface area (TPSA) is 83.9 Å². The van der Waals surface area contributed by atoms with Crippen molar-refractivity contribution in [1.82, 2.24) is 4.90 Å². The maximum atomic E-state index is 12.7. The average molecular weight is 438 g/mol. The van der Waals surface area contributed by atoms with Gasteiger partial charge in [-0.3, -0.25) is 14.5 Å². The van der Waals surface area contributed by atoms with E-state index in [1.165, 1.54) is 6.08 Å². The van der Waals surface area contributed by atoms with Crippen LogP contribution in [-0.2, 0) is 16.1 Å². The van der Waals surface area contributed by atoms with Gasteiger partial charge >= 0.3 is 5.97 Å². The van der Waals surface area contributed by atoms with Crippen molar-refractivity contribution in [3.63, 3.8) is 0 Å². The molecule has 0 radical (unpaired) electrons. The number of benzene rings is 2. The second kappa shape index (κ2) is 8.68. The van der Waals surface area contributed by atoms with Crippen molar-refractivity contribution in [1.29, 1.82) is 0 Å². The van der Waals surface area contributed by atoms with Crippen molar-refractivity contribution < 1.29 is 24.2 Å². The number of rotatable bonds is 6. The second-order valence-corrected chi connectivity index (χ2v) is 7.50. The molecule has 0 aliphatic carbocycles. The molecular weight excluding hydrogens is 425 g/mol. The van der Waals surface area contributed by atoms with Gasteiger partial charge in [-0.2, -0.15) is 0 Å². The summed E-state index contributed by atoms with van der Waals surface area (Å²) in [4.78, 5) is 37.0. The number of ether oxygens (including phenoxy) is 1. The summed E-state index contributed by atoms with van der Waals surface area (Å²) < 4.78 is 5.23. The largest absolute Gasteiger partial charge is 0.481 e. The van der Waals surface area contributed by atoms with Crippen LogP contribution in [0, 0.1) is 0 Å². The van der Waals surface area contributed by atoms with Gasteiger partial charge in [-0.05, 0) is 36.0 Å². The Hall–Kier alpha value is -2.48. The van der Waals surface area contributed by atoms with Gasteiger partial charge in [0.2, 0.25) is 0 Å². The summed E-state index contributed by atoms with van der Waals surface area (Å²) >= 11 is 13.0. The van der Waals surface area contributed by atoms with E-state index >= 15 is 0 Å². The van der Waals surface area contributed by atoms with Crippen molar-refractivity contribution in [2.24, 2.45) is 0 Å². The normalized spacial score (nSPS) is 15.4. The van der Waals surface area contributed by atoms with Crippen LogP contribution in [0.2, 0.25) is 10.0 Å². The Morgan fingerprint density at radius 1 is 1.11 bits per heavy atom. The summed E-state index contributed by atoms with van der Waals surface area (Å²) in [6.07, 6.45) is 1.50. The number of imide groups is 1. The van der Waals surface area contributed by atoms with Crippen LogP contribution in [-0.4, -0.2) is 33.7 Å². The van der Waals surface area contributed by atoms with Crippen LogP contribution >= 0.6 is 35.0 Å². The minimum atomic E-state index is -1.12. The number of aliphatic carboxylic acids is 1. The zero-order valence-electron chi connectivity index (χ0n) is 14.2. The first-order valence-corrected chi connectivity index (χ1v) is 9.56. The molecule has 2 aromatic carbocycles. The number of carboxylic acid groups (broad SMARTS) is 1. The molecule has 1 N–H and O–H groups in total. The van der Waals surface area contributed by atoms with Gasteiger partial charge in [0.25, 0.3) is 11.1 Å². The number of amides is 2. The minimum absolute atomic E-state index is 0.0440. The summed E-state index contributed by atoms with van der Waals surface area (Å²) in [5.74, 6) is -1.31. The summed E-state index contributed by atoms with van der Waals surface area (Å²) in [5.41, 5.74) is 0.976. The number of hydrogen-bond acceptors (Lipinski definition) is 5. The molecule has 144 valence electrons. The molecule has 1 heterocycles. The number of halogens is 2. The van der Waals surface area contributed by atoms with Gasteiger partial charge in [0, 0.05) is 21.2 Å². The van der Waals surface area contributed by atoms with Gasteiger partial charge < -0.3 is 9.84 Å². The Morgan fingerprint density at radius 3 is 2.46 bits per heavy atom. The average Bonchev–Trinajstić information content (AvgIpc) is 2.91. The zero-order valence-corrected chi connectivity index (χ0v) is 16.6. The van der Waals surface area contributed by atoms with E-state index in [4.69, 9.17) is 33.0 Å². The van der Waals surface area contributed by atoms with Crippen LogP contribution in [0.3, 0.4) is 0 Å². The van der Waals surface area contributed by atoms with Gasteiger partial charge in [-0.25, -0.2) is 4.79 Å². The molecule has 0 atom stereocenters. The van der Waals surface area contributed by atoms with Crippen molar-refractivity contribution in [2.75, 3.05) is 6.61 Å². The quantitative estimate of drug-likeness (QED) is 0.659. The van der Waals surface area contributed by atoms with E-state index < -0.39 is 23.7 Å². The number of hydrogen-bond donors (Lipinski definition) is 1. The Balaban J connectivity index is 1.85.